The average molecular weight is 335 g/mol. The van der Waals surface area contributed by atoms with E-state index in [1.54, 1.807) is 25.5 Å². The summed E-state index contributed by atoms with van der Waals surface area (Å²) in [6.45, 7) is 1.98. The molecule has 0 fully saturated rings. The zero-order valence-electron chi connectivity index (χ0n) is 13.7. The number of rotatable bonds is 5. The van der Waals surface area contributed by atoms with Gasteiger partial charge in [-0.15, -0.1) is 0 Å². The van der Waals surface area contributed by atoms with Crippen LogP contribution in [0.1, 0.15) is 11.3 Å². The van der Waals surface area contributed by atoms with Gasteiger partial charge >= 0.3 is 0 Å². The van der Waals surface area contributed by atoms with Gasteiger partial charge < -0.3 is 5.32 Å². The van der Waals surface area contributed by atoms with Gasteiger partial charge in [-0.3, -0.25) is 24.1 Å². The lowest BCUT2D eigenvalue weighted by atomic mass is 10.1. The maximum atomic E-state index is 12.1. The van der Waals surface area contributed by atoms with Crippen molar-refractivity contribution in [1.29, 1.82) is 0 Å². The molecule has 0 radical (unpaired) electrons. The fourth-order valence-corrected chi connectivity index (χ4v) is 2.39. The quantitative estimate of drug-likeness (QED) is 0.759. The van der Waals surface area contributed by atoms with Crippen molar-refractivity contribution in [2.45, 2.75) is 20.0 Å². The third-order valence-corrected chi connectivity index (χ3v) is 3.65. The van der Waals surface area contributed by atoms with Gasteiger partial charge in [0.25, 0.3) is 5.56 Å². The van der Waals surface area contributed by atoms with Gasteiger partial charge in [0.1, 0.15) is 6.54 Å². The van der Waals surface area contributed by atoms with Gasteiger partial charge in [0.15, 0.2) is 0 Å². The first-order valence-corrected chi connectivity index (χ1v) is 7.77. The molecular formula is C18H17N5O2. The first-order chi connectivity index (χ1) is 12.1. The lowest BCUT2D eigenvalue weighted by Crippen LogP contribution is -2.32. The van der Waals surface area contributed by atoms with Gasteiger partial charge in [-0.05, 0) is 30.7 Å². The molecule has 0 unspecified atom stereocenters. The molecule has 0 spiro atoms. The fourth-order valence-electron chi connectivity index (χ4n) is 2.39. The number of hydrogen-bond donors (Lipinski definition) is 1. The molecule has 3 aromatic heterocycles. The van der Waals surface area contributed by atoms with Crippen LogP contribution in [0.15, 0.2) is 60.0 Å². The summed E-state index contributed by atoms with van der Waals surface area (Å²) in [5, 5.41) is 2.82. The second-order valence-electron chi connectivity index (χ2n) is 5.52. The summed E-state index contributed by atoms with van der Waals surface area (Å²) >= 11 is 0. The second-order valence-corrected chi connectivity index (χ2v) is 5.52. The van der Waals surface area contributed by atoms with E-state index in [1.165, 1.54) is 17.0 Å². The molecule has 7 heteroatoms. The van der Waals surface area contributed by atoms with Crippen molar-refractivity contribution < 1.29 is 4.79 Å². The number of aromatic nitrogens is 4. The third kappa shape index (κ3) is 4.14. The van der Waals surface area contributed by atoms with Crippen LogP contribution in [0.5, 0.6) is 0 Å². The van der Waals surface area contributed by atoms with E-state index in [0.717, 1.165) is 16.8 Å². The largest absolute Gasteiger partial charge is 0.350 e. The fraction of sp³-hybridized carbons (Fsp3) is 0.167. The van der Waals surface area contributed by atoms with Crippen LogP contribution < -0.4 is 10.9 Å². The maximum absolute atomic E-state index is 12.1. The SMILES string of the molecule is Cc1cc(=O)n(CC(=O)NCc2cccnc2-c2ccncc2)cn1. The summed E-state index contributed by atoms with van der Waals surface area (Å²) in [7, 11) is 0. The Morgan fingerprint density at radius 3 is 2.72 bits per heavy atom. The molecule has 3 heterocycles. The predicted molar refractivity (Wildman–Crippen MR) is 92.5 cm³/mol. The molecule has 0 aliphatic heterocycles. The van der Waals surface area contributed by atoms with E-state index < -0.39 is 0 Å². The van der Waals surface area contributed by atoms with E-state index in [0.29, 0.717) is 12.2 Å². The molecule has 7 nitrogen and oxygen atoms in total. The van der Waals surface area contributed by atoms with Crippen molar-refractivity contribution in [2.75, 3.05) is 0 Å². The molecule has 0 bridgehead atoms. The van der Waals surface area contributed by atoms with Crippen molar-refractivity contribution in [2.24, 2.45) is 0 Å². The Morgan fingerprint density at radius 2 is 1.96 bits per heavy atom. The van der Waals surface area contributed by atoms with Gasteiger partial charge in [0.2, 0.25) is 5.91 Å². The third-order valence-electron chi connectivity index (χ3n) is 3.65. The number of carbonyl (C=O) groups is 1. The van der Waals surface area contributed by atoms with Crippen molar-refractivity contribution >= 4 is 5.91 Å². The number of nitrogens with one attached hydrogen (secondary N) is 1. The first kappa shape index (κ1) is 16.5. The highest BCUT2D eigenvalue weighted by atomic mass is 16.2. The first-order valence-electron chi connectivity index (χ1n) is 7.77. The second kappa shape index (κ2) is 7.48. The van der Waals surface area contributed by atoms with Crippen molar-refractivity contribution in [3.63, 3.8) is 0 Å². The molecule has 3 aromatic rings. The highest BCUT2D eigenvalue weighted by Gasteiger charge is 2.09. The Labute approximate surface area is 144 Å². The van der Waals surface area contributed by atoms with Gasteiger partial charge in [-0.1, -0.05) is 6.07 Å². The van der Waals surface area contributed by atoms with Crippen molar-refractivity contribution in [3.8, 4) is 11.3 Å². The van der Waals surface area contributed by atoms with Crippen molar-refractivity contribution in [1.82, 2.24) is 24.8 Å². The lowest BCUT2D eigenvalue weighted by molar-refractivity contribution is -0.121. The van der Waals surface area contributed by atoms with Gasteiger partial charge in [-0.25, -0.2) is 4.98 Å². The number of aryl methyl sites for hydroxylation is 1. The average Bonchev–Trinajstić information content (AvgIpc) is 2.63. The van der Waals surface area contributed by atoms with Gasteiger partial charge in [0, 0.05) is 42.5 Å². The molecule has 1 N–H and O–H groups in total. The van der Waals surface area contributed by atoms with Crippen molar-refractivity contribution in [3.05, 3.63) is 76.9 Å². The Hall–Kier alpha value is -3.35. The van der Waals surface area contributed by atoms with Crippen LogP contribution in [-0.2, 0) is 17.9 Å². The standard InChI is InChI=1S/C18H17N5O2/c1-13-9-17(25)23(12-22-13)11-16(24)21-10-15-3-2-6-20-18(15)14-4-7-19-8-5-14/h2-9,12H,10-11H2,1H3,(H,21,24). The molecular weight excluding hydrogens is 318 g/mol. The summed E-state index contributed by atoms with van der Waals surface area (Å²) in [5.74, 6) is -0.266. The maximum Gasteiger partial charge on any atom is 0.253 e. The van der Waals surface area contributed by atoms with Crippen LogP contribution in [0, 0.1) is 6.92 Å². The molecule has 3 rings (SSSR count). The summed E-state index contributed by atoms with van der Waals surface area (Å²) in [6, 6.07) is 8.86. The van der Waals surface area contributed by atoms with Crippen LogP contribution in [0.2, 0.25) is 0 Å². The number of carbonyl (C=O) groups excluding carboxylic acids is 1. The Kier molecular flexibility index (Phi) is 4.94. The Morgan fingerprint density at radius 1 is 1.16 bits per heavy atom. The normalized spacial score (nSPS) is 10.4. The number of amides is 1. The van der Waals surface area contributed by atoms with E-state index in [4.69, 9.17) is 0 Å². The molecule has 0 aliphatic carbocycles. The molecule has 1 amide bonds. The minimum atomic E-state index is -0.266. The zero-order valence-corrected chi connectivity index (χ0v) is 13.7. The van der Waals surface area contributed by atoms with Crippen LogP contribution >= 0.6 is 0 Å². The predicted octanol–water partition coefficient (Wildman–Crippen LogP) is 1.33. The summed E-state index contributed by atoms with van der Waals surface area (Å²) in [6.07, 6.45) is 6.48. The summed E-state index contributed by atoms with van der Waals surface area (Å²) in [5.41, 5.74) is 2.98. The lowest BCUT2D eigenvalue weighted by Gasteiger charge is -2.10. The van der Waals surface area contributed by atoms with E-state index in [9.17, 15) is 9.59 Å². The Bertz CT molecular complexity index is 937. The van der Waals surface area contributed by atoms with E-state index in [-0.39, 0.29) is 18.0 Å². The molecule has 25 heavy (non-hydrogen) atoms. The molecule has 0 atom stereocenters. The van der Waals surface area contributed by atoms with E-state index >= 15 is 0 Å². The summed E-state index contributed by atoms with van der Waals surface area (Å²) in [4.78, 5) is 36.4. The van der Waals surface area contributed by atoms with Crippen LogP contribution in [0.4, 0.5) is 0 Å². The molecule has 0 saturated heterocycles. The number of hydrogen-bond acceptors (Lipinski definition) is 5. The number of pyridine rings is 2. The minimum Gasteiger partial charge on any atom is -0.350 e. The van der Waals surface area contributed by atoms with Crippen LogP contribution in [-0.4, -0.2) is 25.4 Å². The molecule has 0 aromatic carbocycles. The zero-order chi connectivity index (χ0) is 17.6. The molecule has 0 aliphatic rings. The van der Waals surface area contributed by atoms with Gasteiger partial charge in [0.05, 0.1) is 12.0 Å². The number of nitrogens with zero attached hydrogens (tertiary/aromatic N) is 4. The van der Waals surface area contributed by atoms with Crippen LogP contribution in [0.25, 0.3) is 11.3 Å². The van der Waals surface area contributed by atoms with Crippen LogP contribution in [0.3, 0.4) is 0 Å². The van der Waals surface area contributed by atoms with Gasteiger partial charge in [-0.2, -0.15) is 0 Å². The smallest absolute Gasteiger partial charge is 0.253 e. The van der Waals surface area contributed by atoms with E-state index in [2.05, 4.69) is 20.3 Å². The Balaban J connectivity index is 1.70. The minimum absolute atomic E-state index is 0.0725. The molecule has 126 valence electrons. The molecule has 0 saturated carbocycles. The monoisotopic (exact) mass is 335 g/mol. The summed E-state index contributed by atoms with van der Waals surface area (Å²) < 4.78 is 1.27. The topological polar surface area (TPSA) is 89.8 Å². The highest BCUT2D eigenvalue weighted by Crippen LogP contribution is 2.19. The van der Waals surface area contributed by atoms with E-state index in [1.807, 2.05) is 24.3 Å². The highest BCUT2D eigenvalue weighted by molar-refractivity contribution is 5.76.